The van der Waals surface area contributed by atoms with Gasteiger partial charge in [-0.1, -0.05) is 12.1 Å². The Morgan fingerprint density at radius 2 is 2.11 bits per heavy atom. The zero-order valence-corrected chi connectivity index (χ0v) is 9.89. The van der Waals surface area contributed by atoms with E-state index in [0.29, 0.717) is 23.3 Å². The van der Waals surface area contributed by atoms with E-state index in [1.165, 1.54) is 18.3 Å². The Bertz CT molecular complexity index is 569. The largest absolute Gasteiger partial charge is 0.462 e. The summed E-state index contributed by atoms with van der Waals surface area (Å²) in [6, 6.07) is 7.77. The van der Waals surface area contributed by atoms with Crippen LogP contribution >= 0.6 is 0 Å². The zero-order valence-electron chi connectivity index (χ0n) is 9.89. The molecule has 1 aromatic carbocycles. The zero-order chi connectivity index (χ0) is 13.0. The van der Waals surface area contributed by atoms with Crippen LogP contribution in [0.2, 0.25) is 0 Å². The molecule has 0 atom stereocenters. The Labute approximate surface area is 104 Å². The van der Waals surface area contributed by atoms with E-state index in [4.69, 9.17) is 4.74 Å². The third-order valence-electron chi connectivity index (χ3n) is 2.41. The average Bonchev–Trinajstić information content (AvgIpc) is 2.39. The monoisotopic (exact) mass is 245 g/mol. The van der Waals surface area contributed by atoms with Crippen molar-refractivity contribution in [3.63, 3.8) is 0 Å². The van der Waals surface area contributed by atoms with E-state index in [9.17, 15) is 9.18 Å². The number of carbonyl (C=O) groups excluding carboxylic acids is 1. The van der Waals surface area contributed by atoms with Gasteiger partial charge in [-0.3, -0.25) is 4.98 Å². The highest BCUT2D eigenvalue weighted by Crippen LogP contribution is 2.20. The van der Waals surface area contributed by atoms with Gasteiger partial charge >= 0.3 is 5.97 Å². The smallest absolute Gasteiger partial charge is 0.339 e. The molecule has 3 nitrogen and oxygen atoms in total. The minimum absolute atomic E-state index is 0.309. The molecule has 2 rings (SSSR count). The molecule has 4 heteroatoms. The SMILES string of the molecule is CCOC(=O)c1cncc(-c2cccc(F)c2)c1. The van der Waals surface area contributed by atoms with Crippen molar-refractivity contribution >= 4 is 5.97 Å². The molecule has 2 aromatic rings. The molecule has 0 bridgehead atoms. The van der Waals surface area contributed by atoms with E-state index in [2.05, 4.69) is 4.98 Å². The maximum atomic E-state index is 13.1. The number of benzene rings is 1. The molecule has 0 aliphatic heterocycles. The summed E-state index contributed by atoms with van der Waals surface area (Å²) < 4.78 is 18.0. The Morgan fingerprint density at radius 3 is 2.83 bits per heavy atom. The molecular formula is C14H12FNO2. The molecule has 0 spiro atoms. The van der Waals surface area contributed by atoms with Crippen molar-refractivity contribution in [2.45, 2.75) is 6.92 Å². The van der Waals surface area contributed by atoms with Crippen molar-refractivity contribution in [1.82, 2.24) is 4.98 Å². The van der Waals surface area contributed by atoms with Crippen LogP contribution in [0.3, 0.4) is 0 Å². The number of aromatic nitrogens is 1. The summed E-state index contributed by atoms with van der Waals surface area (Å²) in [5.41, 5.74) is 1.72. The van der Waals surface area contributed by atoms with Gasteiger partial charge < -0.3 is 4.74 Å². The highest BCUT2D eigenvalue weighted by atomic mass is 19.1. The van der Waals surface area contributed by atoms with Crippen molar-refractivity contribution in [2.24, 2.45) is 0 Å². The molecule has 0 saturated heterocycles. The van der Waals surface area contributed by atoms with Crippen molar-refractivity contribution in [1.29, 1.82) is 0 Å². The second kappa shape index (κ2) is 5.40. The van der Waals surface area contributed by atoms with Crippen LogP contribution in [0.5, 0.6) is 0 Å². The molecule has 0 fully saturated rings. The molecule has 0 radical (unpaired) electrons. The van der Waals surface area contributed by atoms with Crippen LogP contribution in [0.25, 0.3) is 11.1 Å². The lowest BCUT2D eigenvalue weighted by molar-refractivity contribution is 0.0526. The second-order valence-corrected chi connectivity index (χ2v) is 3.69. The van der Waals surface area contributed by atoms with Crippen LogP contribution < -0.4 is 0 Å². The minimum Gasteiger partial charge on any atom is -0.462 e. The van der Waals surface area contributed by atoms with Gasteiger partial charge in [0.1, 0.15) is 5.82 Å². The summed E-state index contributed by atoms with van der Waals surface area (Å²) in [6.45, 7) is 2.05. The lowest BCUT2D eigenvalue weighted by Crippen LogP contribution is -2.05. The van der Waals surface area contributed by atoms with Crippen LogP contribution in [0.1, 0.15) is 17.3 Å². The van der Waals surface area contributed by atoms with Crippen LogP contribution in [0, 0.1) is 5.82 Å². The minimum atomic E-state index is -0.428. The predicted molar refractivity (Wildman–Crippen MR) is 65.6 cm³/mol. The first-order valence-electron chi connectivity index (χ1n) is 5.59. The number of ether oxygens (including phenoxy) is 1. The molecule has 1 aromatic heterocycles. The van der Waals surface area contributed by atoms with Crippen LogP contribution in [0.15, 0.2) is 42.7 Å². The molecule has 0 N–H and O–H groups in total. The first kappa shape index (κ1) is 12.2. The first-order valence-corrected chi connectivity index (χ1v) is 5.59. The van der Waals surface area contributed by atoms with Crippen LogP contribution in [-0.2, 0) is 4.74 Å². The third kappa shape index (κ3) is 2.71. The lowest BCUT2D eigenvalue weighted by atomic mass is 10.1. The summed E-state index contributed by atoms with van der Waals surface area (Å²) in [5.74, 6) is -0.753. The molecule has 18 heavy (non-hydrogen) atoms. The molecule has 0 unspecified atom stereocenters. The number of rotatable bonds is 3. The summed E-state index contributed by atoms with van der Waals surface area (Å²) in [5, 5.41) is 0. The number of nitrogens with zero attached hydrogens (tertiary/aromatic N) is 1. The number of halogens is 1. The van der Waals surface area contributed by atoms with Gasteiger partial charge in [-0.2, -0.15) is 0 Å². The molecular weight excluding hydrogens is 233 g/mol. The summed E-state index contributed by atoms with van der Waals surface area (Å²) in [7, 11) is 0. The van der Waals surface area contributed by atoms with Crippen molar-refractivity contribution in [3.05, 3.63) is 54.1 Å². The number of carbonyl (C=O) groups is 1. The van der Waals surface area contributed by atoms with Crippen LogP contribution in [-0.4, -0.2) is 17.6 Å². The molecule has 92 valence electrons. The fraction of sp³-hybridized carbons (Fsp3) is 0.143. The molecule has 0 saturated carbocycles. The summed E-state index contributed by atoms with van der Waals surface area (Å²) in [4.78, 5) is 15.5. The van der Waals surface area contributed by atoms with E-state index in [-0.39, 0.29) is 5.82 Å². The van der Waals surface area contributed by atoms with Crippen molar-refractivity contribution < 1.29 is 13.9 Å². The van der Waals surface area contributed by atoms with E-state index >= 15 is 0 Å². The standard InChI is InChI=1S/C14H12FNO2/c1-2-18-14(17)12-6-11(8-16-9-12)10-4-3-5-13(15)7-10/h3-9H,2H2,1H3. The van der Waals surface area contributed by atoms with Crippen molar-refractivity contribution in [2.75, 3.05) is 6.61 Å². The first-order chi connectivity index (χ1) is 8.70. The van der Waals surface area contributed by atoms with E-state index in [1.807, 2.05) is 0 Å². The number of pyridine rings is 1. The molecule has 0 aliphatic rings. The van der Waals surface area contributed by atoms with Gasteiger partial charge in [0.2, 0.25) is 0 Å². The van der Waals surface area contributed by atoms with E-state index in [1.54, 1.807) is 31.3 Å². The van der Waals surface area contributed by atoms with Gasteiger partial charge in [0.05, 0.1) is 12.2 Å². The predicted octanol–water partition coefficient (Wildman–Crippen LogP) is 3.06. The van der Waals surface area contributed by atoms with E-state index in [0.717, 1.165) is 0 Å². The number of esters is 1. The Balaban J connectivity index is 2.35. The number of hydrogen-bond acceptors (Lipinski definition) is 3. The quantitative estimate of drug-likeness (QED) is 0.780. The molecule has 0 aliphatic carbocycles. The normalized spacial score (nSPS) is 10.1. The maximum absolute atomic E-state index is 13.1. The van der Waals surface area contributed by atoms with Crippen molar-refractivity contribution in [3.8, 4) is 11.1 Å². The average molecular weight is 245 g/mol. The highest BCUT2D eigenvalue weighted by molar-refractivity contribution is 5.90. The van der Waals surface area contributed by atoms with Gasteiger partial charge in [-0.05, 0) is 30.7 Å². The van der Waals surface area contributed by atoms with Gasteiger partial charge in [-0.15, -0.1) is 0 Å². The maximum Gasteiger partial charge on any atom is 0.339 e. The van der Waals surface area contributed by atoms with Crippen LogP contribution in [0.4, 0.5) is 4.39 Å². The summed E-state index contributed by atoms with van der Waals surface area (Å²) in [6.07, 6.45) is 3.01. The topological polar surface area (TPSA) is 39.2 Å². The highest BCUT2D eigenvalue weighted by Gasteiger charge is 2.08. The molecule has 1 heterocycles. The van der Waals surface area contributed by atoms with Gasteiger partial charge in [0.25, 0.3) is 0 Å². The molecule has 0 amide bonds. The van der Waals surface area contributed by atoms with Gasteiger partial charge in [0, 0.05) is 18.0 Å². The Kier molecular flexibility index (Phi) is 3.67. The fourth-order valence-electron chi connectivity index (χ4n) is 1.59. The van der Waals surface area contributed by atoms with E-state index < -0.39 is 5.97 Å². The third-order valence-corrected chi connectivity index (χ3v) is 2.41. The second-order valence-electron chi connectivity index (χ2n) is 3.69. The fourth-order valence-corrected chi connectivity index (χ4v) is 1.59. The number of hydrogen-bond donors (Lipinski definition) is 0. The Hall–Kier alpha value is -2.23. The van der Waals surface area contributed by atoms with Gasteiger partial charge in [-0.25, -0.2) is 9.18 Å². The Morgan fingerprint density at radius 1 is 1.28 bits per heavy atom. The van der Waals surface area contributed by atoms with Gasteiger partial charge in [0.15, 0.2) is 0 Å². The summed E-state index contributed by atoms with van der Waals surface area (Å²) >= 11 is 0. The lowest BCUT2D eigenvalue weighted by Gasteiger charge is -2.04.